The summed E-state index contributed by atoms with van der Waals surface area (Å²) < 4.78 is 9.72. The van der Waals surface area contributed by atoms with Gasteiger partial charge in [-0.15, -0.1) is 0 Å². The van der Waals surface area contributed by atoms with Crippen molar-refractivity contribution in [2.45, 2.75) is 25.9 Å². The lowest BCUT2D eigenvalue weighted by Gasteiger charge is -2.21. The molecule has 1 rings (SSSR count). The molecular formula is C11H17NO5. The number of ether oxygens (including phenoxy) is 2. The van der Waals surface area contributed by atoms with E-state index < -0.39 is 18.0 Å². The van der Waals surface area contributed by atoms with Gasteiger partial charge in [0.15, 0.2) is 0 Å². The molecular weight excluding hydrogens is 226 g/mol. The molecule has 0 aromatic carbocycles. The summed E-state index contributed by atoms with van der Waals surface area (Å²) in [5.74, 6) is -1.34. The number of hydrogen-bond donors (Lipinski definition) is 1. The van der Waals surface area contributed by atoms with Crippen LogP contribution in [-0.2, 0) is 23.9 Å². The number of cyclic esters (lactones) is 1. The molecule has 6 nitrogen and oxygen atoms in total. The Kier molecular flexibility index (Phi) is 4.68. The zero-order valence-corrected chi connectivity index (χ0v) is 9.65. The summed E-state index contributed by atoms with van der Waals surface area (Å²) in [4.78, 5) is 33.3. The number of carbonyl (C=O) groups is 3. The molecule has 0 bridgehead atoms. The van der Waals surface area contributed by atoms with E-state index in [4.69, 9.17) is 9.47 Å². The van der Waals surface area contributed by atoms with E-state index in [1.807, 2.05) is 0 Å². The molecule has 6 heteroatoms. The van der Waals surface area contributed by atoms with Gasteiger partial charge in [-0.05, 0) is 6.92 Å². The highest BCUT2D eigenvalue weighted by atomic mass is 16.6. The fourth-order valence-electron chi connectivity index (χ4n) is 1.28. The number of amides is 1. The molecule has 96 valence electrons. The molecule has 0 saturated carbocycles. The van der Waals surface area contributed by atoms with E-state index in [0.29, 0.717) is 12.0 Å². The van der Waals surface area contributed by atoms with Gasteiger partial charge in [-0.2, -0.15) is 0 Å². The zero-order valence-electron chi connectivity index (χ0n) is 9.65. The Morgan fingerprint density at radius 3 is 2.94 bits per heavy atom. The molecule has 1 atom stereocenters. The van der Waals surface area contributed by atoms with Crippen molar-refractivity contribution >= 4 is 17.8 Å². The Hall–Kier alpha value is -1.85. The number of rotatable bonds is 4. The van der Waals surface area contributed by atoms with Crippen LogP contribution in [0.4, 0.5) is 0 Å². The Labute approximate surface area is 100 Å². The van der Waals surface area contributed by atoms with Crippen LogP contribution < -0.4 is 5.32 Å². The molecule has 1 amide bonds. The van der Waals surface area contributed by atoms with Gasteiger partial charge in [0, 0.05) is 13.4 Å². The van der Waals surface area contributed by atoms with Gasteiger partial charge in [0.2, 0.25) is 5.91 Å². The molecule has 1 fully saturated rings. The average molecular weight is 243 g/mol. The minimum Gasteiger partial charge on any atom is -0.465 e. The smallest absolute Gasteiger partial charge is 0.325 e. The van der Waals surface area contributed by atoms with Crippen LogP contribution in [0.2, 0.25) is 0 Å². The van der Waals surface area contributed by atoms with Crippen molar-refractivity contribution < 1.29 is 25.3 Å². The van der Waals surface area contributed by atoms with Crippen LogP contribution in [0.25, 0.3) is 0 Å². The lowest BCUT2D eigenvalue weighted by atomic mass is 10.1. The highest BCUT2D eigenvalue weighted by molar-refractivity contribution is 5.94. The van der Waals surface area contributed by atoms with E-state index in [-0.39, 0.29) is 27.0 Å². The Bertz CT molecular complexity index is 355. The summed E-state index contributed by atoms with van der Waals surface area (Å²) in [6, 6.07) is 0. The van der Waals surface area contributed by atoms with Crippen molar-refractivity contribution in [2.24, 2.45) is 0 Å². The number of nitrogens with one attached hydrogen (secondary N) is 1. The second-order valence-corrected chi connectivity index (χ2v) is 3.79. The summed E-state index contributed by atoms with van der Waals surface area (Å²) in [6.07, 6.45) is 0.108. The van der Waals surface area contributed by atoms with Gasteiger partial charge in [0.25, 0.3) is 0 Å². The fraction of sp³-hybridized carbons (Fsp3) is 0.545. The first-order valence-corrected chi connectivity index (χ1v) is 5.28. The minimum absolute atomic E-state index is 0. The van der Waals surface area contributed by atoms with Crippen molar-refractivity contribution in [3.8, 4) is 0 Å². The van der Waals surface area contributed by atoms with Gasteiger partial charge < -0.3 is 14.8 Å². The minimum atomic E-state index is -0.570. The largest absolute Gasteiger partial charge is 0.465 e. The summed E-state index contributed by atoms with van der Waals surface area (Å²) in [5.41, 5.74) is 0.319. The maximum absolute atomic E-state index is 11.3. The van der Waals surface area contributed by atoms with E-state index in [1.54, 1.807) is 0 Å². The molecule has 17 heavy (non-hydrogen) atoms. The third kappa shape index (κ3) is 4.67. The summed E-state index contributed by atoms with van der Waals surface area (Å²) in [7, 11) is 0. The first kappa shape index (κ1) is 13.2. The van der Waals surface area contributed by atoms with Crippen LogP contribution in [-0.4, -0.2) is 37.1 Å². The maximum atomic E-state index is 11.3. The van der Waals surface area contributed by atoms with Crippen LogP contribution in [0, 0.1) is 0 Å². The Balaban J connectivity index is 0.00000289. The first-order chi connectivity index (χ1) is 7.99. The zero-order chi connectivity index (χ0) is 12.8. The second-order valence-electron chi connectivity index (χ2n) is 3.79. The lowest BCUT2D eigenvalue weighted by molar-refractivity contribution is -0.162. The van der Waals surface area contributed by atoms with Crippen molar-refractivity contribution in [1.82, 2.24) is 5.32 Å². The lowest BCUT2D eigenvalue weighted by Crippen LogP contribution is -2.35. The van der Waals surface area contributed by atoms with E-state index in [2.05, 4.69) is 11.9 Å². The van der Waals surface area contributed by atoms with Gasteiger partial charge in [0.1, 0.15) is 12.6 Å². The summed E-state index contributed by atoms with van der Waals surface area (Å²) in [5, 5.41) is 2.35. The van der Waals surface area contributed by atoms with Crippen LogP contribution in [0.15, 0.2) is 12.2 Å². The van der Waals surface area contributed by atoms with Gasteiger partial charge >= 0.3 is 11.9 Å². The normalized spacial score (nSPS) is 19.1. The summed E-state index contributed by atoms with van der Waals surface area (Å²) >= 11 is 0. The van der Waals surface area contributed by atoms with Crippen molar-refractivity contribution in [3.63, 3.8) is 0 Å². The highest BCUT2D eigenvalue weighted by Crippen LogP contribution is 2.11. The molecule has 0 aliphatic carbocycles. The molecule has 0 radical (unpaired) electrons. The number of hydrogen-bond acceptors (Lipinski definition) is 5. The van der Waals surface area contributed by atoms with E-state index >= 15 is 0 Å². The maximum Gasteiger partial charge on any atom is 0.325 e. The molecule has 1 N–H and O–H groups in total. The van der Waals surface area contributed by atoms with Crippen LogP contribution in [0.3, 0.4) is 0 Å². The van der Waals surface area contributed by atoms with E-state index in [9.17, 15) is 14.4 Å². The molecule has 1 aliphatic heterocycles. The van der Waals surface area contributed by atoms with Crippen molar-refractivity contribution in [1.29, 1.82) is 0 Å². The molecule has 1 saturated heterocycles. The van der Waals surface area contributed by atoms with E-state index in [0.717, 1.165) is 0 Å². The standard InChI is InChI=1S/C11H15NO5.H2/c1-7(2)11(15)12-6-10(14)17-8-3-4-16-9(13)5-8;/h8H,1,3-6H2,2H3,(H,12,15);1H. The topological polar surface area (TPSA) is 81.7 Å². The van der Waals surface area contributed by atoms with Gasteiger partial charge in [-0.25, -0.2) is 0 Å². The first-order valence-electron chi connectivity index (χ1n) is 5.28. The van der Waals surface area contributed by atoms with Crippen molar-refractivity contribution in [2.75, 3.05) is 13.2 Å². The number of carbonyl (C=O) groups excluding carboxylic acids is 3. The predicted octanol–water partition coefficient (Wildman–Crippen LogP) is 0.173. The molecule has 0 aromatic heterocycles. The molecule has 0 aromatic rings. The van der Waals surface area contributed by atoms with E-state index in [1.165, 1.54) is 6.92 Å². The van der Waals surface area contributed by atoms with Crippen LogP contribution in [0.1, 0.15) is 21.2 Å². The van der Waals surface area contributed by atoms with Gasteiger partial charge in [-0.1, -0.05) is 6.58 Å². The second kappa shape index (κ2) is 6.03. The Morgan fingerprint density at radius 2 is 2.35 bits per heavy atom. The molecule has 0 spiro atoms. The quantitative estimate of drug-likeness (QED) is 0.562. The van der Waals surface area contributed by atoms with Crippen molar-refractivity contribution in [3.05, 3.63) is 12.2 Å². The van der Waals surface area contributed by atoms with Gasteiger partial charge in [0.05, 0.1) is 13.0 Å². The summed E-state index contributed by atoms with van der Waals surface area (Å²) in [6.45, 7) is 5.01. The molecule has 1 unspecified atom stereocenters. The monoisotopic (exact) mass is 243 g/mol. The third-order valence-corrected chi connectivity index (χ3v) is 2.18. The highest BCUT2D eigenvalue weighted by Gasteiger charge is 2.24. The predicted molar refractivity (Wildman–Crippen MR) is 60.0 cm³/mol. The van der Waals surface area contributed by atoms with Crippen LogP contribution >= 0.6 is 0 Å². The van der Waals surface area contributed by atoms with Crippen LogP contribution in [0.5, 0.6) is 0 Å². The van der Waals surface area contributed by atoms with Gasteiger partial charge in [-0.3, -0.25) is 14.4 Å². The Morgan fingerprint density at radius 1 is 1.65 bits per heavy atom. The third-order valence-electron chi connectivity index (χ3n) is 2.18. The SMILES string of the molecule is C=C(C)C(=O)NCC(=O)OC1CCOC(=O)C1.[HH]. The number of esters is 2. The molecule has 1 heterocycles. The fourth-order valence-corrected chi connectivity index (χ4v) is 1.28. The average Bonchev–Trinajstić information content (AvgIpc) is 2.25. The molecule has 1 aliphatic rings.